The van der Waals surface area contributed by atoms with E-state index in [1.807, 2.05) is 4.90 Å². The van der Waals surface area contributed by atoms with Crippen LogP contribution in [0.3, 0.4) is 0 Å². The molecule has 0 amide bonds. The van der Waals surface area contributed by atoms with Crippen LogP contribution in [-0.2, 0) is 6.42 Å². The van der Waals surface area contributed by atoms with Crippen LogP contribution in [0.25, 0.3) is 32.9 Å². The highest BCUT2D eigenvalue weighted by atomic mass is 19.4. The van der Waals surface area contributed by atoms with Gasteiger partial charge in [0.15, 0.2) is 5.82 Å². The molecule has 0 spiro atoms. The van der Waals surface area contributed by atoms with E-state index in [1.54, 1.807) is 11.8 Å². The first-order chi connectivity index (χ1) is 23.4. The van der Waals surface area contributed by atoms with Crippen LogP contribution in [0.2, 0.25) is 0 Å². The Labute approximate surface area is 277 Å². The van der Waals surface area contributed by atoms with Crippen LogP contribution in [0.4, 0.5) is 32.2 Å². The van der Waals surface area contributed by atoms with Gasteiger partial charge in [-0.25, -0.2) is 13.2 Å². The van der Waals surface area contributed by atoms with E-state index in [4.69, 9.17) is 4.74 Å². The second kappa shape index (κ2) is 11.3. The number of rotatable bonds is 7. The van der Waals surface area contributed by atoms with Crippen molar-refractivity contribution in [1.29, 1.82) is 0 Å². The van der Waals surface area contributed by atoms with E-state index in [2.05, 4.69) is 15.0 Å². The molecule has 5 heterocycles. The Hall–Kier alpha value is -3.91. The molecule has 8 nitrogen and oxygen atoms in total. The number of halogens is 6. The zero-order valence-corrected chi connectivity index (χ0v) is 26.7. The number of ether oxygens (including phenoxy) is 1. The number of aryl methyl sites for hydroxylation is 1. The van der Waals surface area contributed by atoms with Gasteiger partial charge in [-0.1, -0.05) is 13.0 Å². The number of aliphatic hydroxyl groups is 1. The largest absolute Gasteiger partial charge is 0.508 e. The van der Waals surface area contributed by atoms with E-state index in [-0.39, 0.29) is 85.2 Å². The van der Waals surface area contributed by atoms with E-state index >= 15 is 4.39 Å². The predicted molar refractivity (Wildman–Crippen MR) is 169 cm³/mol. The standard InChI is InChI=1S/C35H35F6N5O3/c1-2-21-26(37)5-4-18-8-20(48)9-22(27(18)21)29-28(38)30-23(12-42-29)31(45-14-25-24(35(39,40)41)11-33(25,15-45)16-47)44-32(43-30)49-17-34-6-3-7-46(34)13-19(36)10-34/h4-5,8-9,12,19,24-25,47-48H,2-3,6-7,10-11,13-17H2,1H3/t19-,24+,25-,33-,34+/m1/s1. The molecule has 14 heteroatoms. The number of hydrogen-bond acceptors (Lipinski definition) is 8. The molecule has 4 aromatic rings. The molecular weight excluding hydrogens is 652 g/mol. The predicted octanol–water partition coefficient (Wildman–Crippen LogP) is 6.34. The molecule has 3 aliphatic heterocycles. The van der Waals surface area contributed by atoms with Crippen molar-refractivity contribution in [3.8, 4) is 23.0 Å². The van der Waals surface area contributed by atoms with E-state index in [0.29, 0.717) is 29.3 Å². The first-order valence-corrected chi connectivity index (χ1v) is 16.6. The summed E-state index contributed by atoms with van der Waals surface area (Å²) in [5, 5.41) is 21.8. The maximum Gasteiger partial charge on any atom is 0.392 e. The van der Waals surface area contributed by atoms with Crippen molar-refractivity contribution in [2.24, 2.45) is 17.3 Å². The van der Waals surface area contributed by atoms with E-state index < -0.39 is 53.4 Å². The summed E-state index contributed by atoms with van der Waals surface area (Å²) in [7, 11) is 0. The van der Waals surface area contributed by atoms with Crippen molar-refractivity contribution >= 4 is 27.5 Å². The number of nitrogens with zero attached hydrogens (tertiary/aromatic N) is 5. The number of hydrogen-bond donors (Lipinski definition) is 2. The third kappa shape index (κ3) is 4.99. The minimum absolute atomic E-state index is 0.0353. The molecule has 5 atom stereocenters. The molecule has 8 rings (SSSR count). The maximum atomic E-state index is 16.9. The summed E-state index contributed by atoms with van der Waals surface area (Å²) in [6.45, 7) is 2.31. The Bertz CT molecular complexity index is 1980. The summed E-state index contributed by atoms with van der Waals surface area (Å²) in [5.41, 5.74) is -1.57. The topological polar surface area (TPSA) is 94.8 Å². The zero-order valence-electron chi connectivity index (χ0n) is 26.7. The first-order valence-electron chi connectivity index (χ1n) is 16.6. The summed E-state index contributed by atoms with van der Waals surface area (Å²) in [4.78, 5) is 17.1. The second-order valence-corrected chi connectivity index (χ2v) is 14.2. The zero-order chi connectivity index (χ0) is 34.5. The second-order valence-electron chi connectivity index (χ2n) is 14.2. The van der Waals surface area contributed by atoms with Crippen molar-refractivity contribution in [2.45, 2.75) is 56.9 Å². The van der Waals surface area contributed by atoms with Crippen LogP contribution < -0.4 is 9.64 Å². The fraction of sp³-hybridized carbons (Fsp3) is 0.514. The third-order valence-electron chi connectivity index (χ3n) is 11.5. The normalized spacial score (nSPS) is 28.3. The van der Waals surface area contributed by atoms with Crippen LogP contribution >= 0.6 is 0 Å². The fourth-order valence-corrected chi connectivity index (χ4v) is 9.11. The monoisotopic (exact) mass is 687 g/mol. The van der Waals surface area contributed by atoms with E-state index in [9.17, 15) is 32.2 Å². The quantitative estimate of drug-likeness (QED) is 0.218. The average molecular weight is 688 g/mol. The van der Waals surface area contributed by atoms with Crippen molar-refractivity contribution in [2.75, 3.05) is 44.3 Å². The average Bonchev–Trinajstić information content (AvgIpc) is 3.67. The van der Waals surface area contributed by atoms with Gasteiger partial charge in [0.2, 0.25) is 0 Å². The molecule has 2 aromatic carbocycles. The molecule has 0 bridgehead atoms. The van der Waals surface area contributed by atoms with Crippen LogP contribution in [0, 0.1) is 28.9 Å². The molecule has 0 radical (unpaired) electrons. The van der Waals surface area contributed by atoms with Gasteiger partial charge >= 0.3 is 12.2 Å². The Morgan fingerprint density at radius 2 is 1.92 bits per heavy atom. The van der Waals surface area contributed by atoms with Gasteiger partial charge in [0, 0.05) is 43.2 Å². The summed E-state index contributed by atoms with van der Waals surface area (Å²) in [6, 6.07) is 5.30. The molecular formula is C35H35F6N5O3. The number of aromatic nitrogens is 3. The molecule has 49 heavy (non-hydrogen) atoms. The Kier molecular flexibility index (Phi) is 7.45. The van der Waals surface area contributed by atoms with Crippen LogP contribution in [0.15, 0.2) is 30.5 Å². The fourth-order valence-electron chi connectivity index (χ4n) is 9.11. The van der Waals surface area contributed by atoms with Gasteiger partial charge < -0.3 is 19.8 Å². The highest BCUT2D eigenvalue weighted by Crippen LogP contribution is 2.61. The highest BCUT2D eigenvalue weighted by molar-refractivity contribution is 6.01. The highest BCUT2D eigenvalue weighted by Gasteiger charge is 2.66. The van der Waals surface area contributed by atoms with Gasteiger partial charge in [-0.05, 0) is 72.7 Å². The van der Waals surface area contributed by atoms with Gasteiger partial charge in [-0.3, -0.25) is 9.88 Å². The molecule has 260 valence electrons. The molecule has 0 unspecified atom stereocenters. The molecule has 3 saturated heterocycles. The van der Waals surface area contributed by atoms with Crippen LogP contribution in [0.5, 0.6) is 11.8 Å². The molecule has 4 aliphatic rings. The Morgan fingerprint density at radius 1 is 1.10 bits per heavy atom. The van der Waals surface area contributed by atoms with Crippen LogP contribution in [-0.4, -0.2) is 87.3 Å². The Morgan fingerprint density at radius 3 is 2.67 bits per heavy atom. The first kappa shape index (κ1) is 32.3. The molecule has 2 N–H and O–H groups in total. The smallest absolute Gasteiger partial charge is 0.392 e. The Balaban J connectivity index is 1.26. The number of aliphatic hydroxyl groups excluding tert-OH is 1. The number of benzene rings is 2. The molecule has 4 fully saturated rings. The SMILES string of the molecule is CCc1c(F)ccc2cc(O)cc(-c3ncc4c(N5C[C@@H]6[C@@H](C(F)(F)F)C[C@]6(CO)C5)nc(OC[C@@]56CCCN5C[C@H](F)C6)nc4c3F)c12. The van der Waals surface area contributed by atoms with Gasteiger partial charge in [-0.2, -0.15) is 23.1 Å². The van der Waals surface area contributed by atoms with Crippen molar-refractivity contribution in [3.63, 3.8) is 0 Å². The lowest BCUT2D eigenvalue weighted by Crippen LogP contribution is -2.55. The lowest BCUT2D eigenvalue weighted by Gasteiger charge is -2.49. The van der Waals surface area contributed by atoms with Gasteiger partial charge in [0.05, 0.1) is 23.4 Å². The van der Waals surface area contributed by atoms with Crippen molar-refractivity contribution in [1.82, 2.24) is 19.9 Å². The number of phenols is 1. The summed E-state index contributed by atoms with van der Waals surface area (Å²) < 4.78 is 94.1. The number of aromatic hydroxyl groups is 1. The van der Waals surface area contributed by atoms with Crippen molar-refractivity contribution in [3.05, 3.63) is 47.7 Å². The lowest BCUT2D eigenvalue weighted by atomic mass is 9.55. The van der Waals surface area contributed by atoms with Crippen LogP contribution in [0.1, 0.15) is 38.2 Å². The van der Waals surface area contributed by atoms with E-state index in [0.717, 1.165) is 6.42 Å². The number of anilines is 1. The number of phenolic OH excluding ortho intramolecular Hbond substituents is 1. The van der Waals surface area contributed by atoms with Gasteiger partial charge in [0.1, 0.15) is 41.4 Å². The molecule has 1 aliphatic carbocycles. The minimum atomic E-state index is -4.44. The number of pyridine rings is 1. The minimum Gasteiger partial charge on any atom is -0.508 e. The summed E-state index contributed by atoms with van der Waals surface area (Å²) in [6.07, 6.45) is -2.27. The third-order valence-corrected chi connectivity index (χ3v) is 11.5. The summed E-state index contributed by atoms with van der Waals surface area (Å²) in [5.74, 6) is -3.97. The molecule has 2 aromatic heterocycles. The lowest BCUT2D eigenvalue weighted by molar-refractivity contribution is -0.245. The van der Waals surface area contributed by atoms with Gasteiger partial charge in [0.25, 0.3) is 0 Å². The van der Waals surface area contributed by atoms with Crippen molar-refractivity contribution < 1.29 is 41.3 Å². The van der Waals surface area contributed by atoms with Gasteiger partial charge in [-0.15, -0.1) is 0 Å². The summed E-state index contributed by atoms with van der Waals surface area (Å²) >= 11 is 0. The number of alkyl halides is 4. The maximum absolute atomic E-state index is 16.9. The van der Waals surface area contributed by atoms with E-state index in [1.165, 1.54) is 30.5 Å². The number of fused-ring (bicyclic) bond motifs is 4. The molecule has 1 saturated carbocycles.